The summed E-state index contributed by atoms with van der Waals surface area (Å²) in [6.45, 7) is 4.09. The first-order valence-corrected chi connectivity index (χ1v) is 5.88. The van der Waals surface area contributed by atoms with Crippen molar-refractivity contribution < 1.29 is 4.74 Å². The fourth-order valence-electron chi connectivity index (χ4n) is 2.40. The number of fused-ring (bicyclic) bond motifs is 1. The van der Waals surface area contributed by atoms with E-state index < -0.39 is 0 Å². The van der Waals surface area contributed by atoms with Crippen LogP contribution in [0.15, 0.2) is 18.2 Å². The molecule has 1 aliphatic heterocycles. The van der Waals surface area contributed by atoms with Gasteiger partial charge in [-0.25, -0.2) is 4.98 Å². The lowest BCUT2D eigenvalue weighted by Crippen LogP contribution is -2.52. The highest BCUT2D eigenvalue weighted by Gasteiger charge is 2.39. The topological polar surface area (TPSA) is 53.1 Å². The molecule has 0 unspecified atom stereocenters. The molecule has 3 rings (SSSR count). The van der Waals surface area contributed by atoms with Gasteiger partial charge in [0, 0.05) is 13.6 Å². The second kappa shape index (κ2) is 3.55. The van der Waals surface area contributed by atoms with E-state index in [4.69, 9.17) is 10.5 Å². The highest BCUT2D eigenvalue weighted by molar-refractivity contribution is 5.77. The first-order chi connectivity index (χ1) is 8.16. The van der Waals surface area contributed by atoms with Crippen molar-refractivity contribution in [2.75, 3.05) is 19.8 Å². The quantitative estimate of drug-likeness (QED) is 0.842. The number of benzene rings is 1. The molecule has 4 nitrogen and oxygen atoms in total. The number of imidazole rings is 1. The van der Waals surface area contributed by atoms with Crippen LogP contribution in [0.25, 0.3) is 11.0 Å². The lowest BCUT2D eigenvalue weighted by molar-refractivity contribution is -0.0549. The van der Waals surface area contributed by atoms with Gasteiger partial charge in [-0.3, -0.25) is 0 Å². The molecular weight excluding hydrogens is 214 g/mol. The molecule has 1 aromatic carbocycles. The van der Waals surface area contributed by atoms with Gasteiger partial charge in [-0.15, -0.1) is 0 Å². The largest absolute Gasteiger partial charge is 0.379 e. The van der Waals surface area contributed by atoms with E-state index in [-0.39, 0.29) is 5.41 Å². The fourth-order valence-corrected chi connectivity index (χ4v) is 2.40. The Balaban J connectivity index is 2.13. The van der Waals surface area contributed by atoms with E-state index in [1.807, 2.05) is 14.0 Å². The zero-order valence-corrected chi connectivity index (χ0v) is 10.2. The average molecular weight is 231 g/mol. The van der Waals surface area contributed by atoms with Crippen LogP contribution in [-0.2, 0) is 17.2 Å². The number of hydrogen-bond acceptors (Lipinski definition) is 3. The molecule has 1 fully saturated rings. The molecule has 0 amide bonds. The molecule has 17 heavy (non-hydrogen) atoms. The summed E-state index contributed by atoms with van der Waals surface area (Å²) in [6.07, 6.45) is 0. The van der Waals surface area contributed by atoms with E-state index in [0.29, 0.717) is 6.54 Å². The molecule has 4 heteroatoms. The summed E-state index contributed by atoms with van der Waals surface area (Å²) in [7, 11) is 2.04. The maximum absolute atomic E-state index is 5.87. The zero-order valence-electron chi connectivity index (χ0n) is 10.2. The molecule has 90 valence electrons. The van der Waals surface area contributed by atoms with E-state index in [2.05, 4.69) is 27.8 Å². The third-order valence-corrected chi connectivity index (χ3v) is 3.86. The van der Waals surface area contributed by atoms with Gasteiger partial charge in [-0.1, -0.05) is 6.07 Å². The minimum Gasteiger partial charge on any atom is -0.379 e. The Bertz CT molecular complexity index is 564. The number of nitrogens with zero attached hydrogens (tertiary/aromatic N) is 2. The number of ether oxygens (including phenoxy) is 1. The molecule has 1 saturated heterocycles. The number of hydrogen-bond donors (Lipinski definition) is 1. The highest BCUT2D eigenvalue weighted by Crippen LogP contribution is 2.32. The SMILES string of the molecule is Cc1nc2cc(C3(CN)COC3)ccc2n1C. The fraction of sp³-hybridized carbons (Fsp3) is 0.462. The molecule has 0 radical (unpaired) electrons. The smallest absolute Gasteiger partial charge is 0.106 e. The van der Waals surface area contributed by atoms with Crippen LogP contribution in [0.2, 0.25) is 0 Å². The van der Waals surface area contributed by atoms with Gasteiger partial charge in [-0.2, -0.15) is 0 Å². The predicted octanol–water partition coefficient (Wildman–Crippen LogP) is 1.11. The monoisotopic (exact) mass is 231 g/mol. The van der Waals surface area contributed by atoms with Crippen molar-refractivity contribution in [2.45, 2.75) is 12.3 Å². The zero-order chi connectivity index (χ0) is 12.0. The van der Waals surface area contributed by atoms with Gasteiger partial charge >= 0.3 is 0 Å². The van der Waals surface area contributed by atoms with Crippen LogP contribution in [0.5, 0.6) is 0 Å². The van der Waals surface area contributed by atoms with Gasteiger partial charge in [-0.05, 0) is 24.6 Å². The normalized spacial score (nSPS) is 18.3. The molecule has 0 aliphatic carbocycles. The van der Waals surface area contributed by atoms with Crippen LogP contribution in [-0.4, -0.2) is 29.3 Å². The molecule has 2 N–H and O–H groups in total. The summed E-state index contributed by atoms with van der Waals surface area (Å²) in [5.74, 6) is 1.03. The van der Waals surface area contributed by atoms with Crippen LogP contribution < -0.4 is 5.73 Å². The first-order valence-electron chi connectivity index (χ1n) is 5.88. The number of rotatable bonds is 2. The second-order valence-electron chi connectivity index (χ2n) is 4.90. The molecule has 0 bridgehead atoms. The summed E-state index contributed by atoms with van der Waals surface area (Å²) in [6, 6.07) is 6.43. The van der Waals surface area contributed by atoms with Crippen molar-refractivity contribution in [3.63, 3.8) is 0 Å². The Kier molecular flexibility index (Phi) is 2.24. The Morgan fingerprint density at radius 3 is 2.82 bits per heavy atom. The van der Waals surface area contributed by atoms with Gasteiger partial charge in [0.25, 0.3) is 0 Å². The Morgan fingerprint density at radius 2 is 2.24 bits per heavy atom. The van der Waals surface area contributed by atoms with Crippen molar-refractivity contribution in [2.24, 2.45) is 12.8 Å². The molecular formula is C13H17N3O. The van der Waals surface area contributed by atoms with Crippen LogP contribution in [0, 0.1) is 6.92 Å². The minimum atomic E-state index is 0.0135. The summed E-state index contributed by atoms with van der Waals surface area (Å²) in [5, 5.41) is 0. The van der Waals surface area contributed by atoms with Crippen molar-refractivity contribution in [1.29, 1.82) is 0 Å². The summed E-state index contributed by atoms with van der Waals surface area (Å²) in [5.41, 5.74) is 9.34. The van der Waals surface area contributed by atoms with Crippen molar-refractivity contribution in [3.05, 3.63) is 29.6 Å². The van der Waals surface area contributed by atoms with Gasteiger partial charge in [0.2, 0.25) is 0 Å². The van der Waals surface area contributed by atoms with Crippen molar-refractivity contribution in [3.8, 4) is 0 Å². The van der Waals surface area contributed by atoms with Crippen molar-refractivity contribution >= 4 is 11.0 Å². The van der Waals surface area contributed by atoms with E-state index in [9.17, 15) is 0 Å². The third kappa shape index (κ3) is 1.41. The number of nitrogens with two attached hydrogens (primary N) is 1. The van der Waals surface area contributed by atoms with Gasteiger partial charge in [0.15, 0.2) is 0 Å². The molecule has 0 spiro atoms. The second-order valence-corrected chi connectivity index (χ2v) is 4.90. The summed E-state index contributed by atoms with van der Waals surface area (Å²) >= 11 is 0. The third-order valence-electron chi connectivity index (χ3n) is 3.86. The van der Waals surface area contributed by atoms with Crippen LogP contribution in [0.1, 0.15) is 11.4 Å². The number of aromatic nitrogens is 2. The van der Waals surface area contributed by atoms with Gasteiger partial charge in [0.1, 0.15) is 5.82 Å². The average Bonchev–Trinajstić information content (AvgIpc) is 2.54. The Morgan fingerprint density at radius 1 is 1.47 bits per heavy atom. The first kappa shape index (κ1) is 10.7. The molecule has 0 saturated carbocycles. The van der Waals surface area contributed by atoms with E-state index in [1.165, 1.54) is 11.1 Å². The van der Waals surface area contributed by atoms with Crippen molar-refractivity contribution in [1.82, 2.24) is 9.55 Å². The number of aryl methyl sites for hydroxylation is 2. The maximum Gasteiger partial charge on any atom is 0.106 e. The molecule has 2 heterocycles. The lowest BCUT2D eigenvalue weighted by Gasteiger charge is -2.41. The summed E-state index contributed by atoms with van der Waals surface area (Å²) < 4.78 is 7.42. The maximum atomic E-state index is 5.87. The van der Waals surface area contributed by atoms with Crippen LogP contribution in [0.4, 0.5) is 0 Å². The van der Waals surface area contributed by atoms with E-state index in [1.54, 1.807) is 0 Å². The highest BCUT2D eigenvalue weighted by atomic mass is 16.5. The Hall–Kier alpha value is -1.39. The molecule has 0 atom stereocenters. The van der Waals surface area contributed by atoms with Gasteiger partial charge < -0.3 is 15.0 Å². The minimum absolute atomic E-state index is 0.0135. The molecule has 2 aromatic rings. The van der Waals surface area contributed by atoms with Crippen LogP contribution in [0.3, 0.4) is 0 Å². The Labute approximate surface area is 100 Å². The van der Waals surface area contributed by atoms with Crippen LogP contribution >= 0.6 is 0 Å². The standard InChI is InChI=1S/C13H17N3O/c1-9-15-11-5-10(3-4-12(11)16(9)2)13(6-14)7-17-8-13/h3-5H,6-8,14H2,1-2H3. The summed E-state index contributed by atoms with van der Waals surface area (Å²) in [4.78, 5) is 4.56. The van der Waals surface area contributed by atoms with E-state index >= 15 is 0 Å². The molecule has 1 aliphatic rings. The lowest BCUT2D eigenvalue weighted by atomic mass is 9.78. The van der Waals surface area contributed by atoms with E-state index in [0.717, 1.165) is 24.6 Å². The van der Waals surface area contributed by atoms with Gasteiger partial charge in [0.05, 0.1) is 29.7 Å². The molecule has 1 aromatic heterocycles. The predicted molar refractivity (Wildman–Crippen MR) is 67.0 cm³/mol.